The second-order valence-electron chi connectivity index (χ2n) is 1.69. The van der Waals surface area contributed by atoms with Crippen LogP contribution in [0.1, 0.15) is 0 Å². The summed E-state index contributed by atoms with van der Waals surface area (Å²) >= 11 is 39.6. The number of hydrogen-bond acceptors (Lipinski definition) is 2. The molecule has 0 nitrogen and oxygen atoms in total. The molecule has 0 saturated heterocycles. The van der Waals surface area contributed by atoms with E-state index in [-0.39, 0.29) is 0 Å². The van der Waals surface area contributed by atoms with Gasteiger partial charge in [0, 0.05) is 5.38 Å². The summed E-state index contributed by atoms with van der Waals surface area (Å²) < 4.78 is 0. The van der Waals surface area contributed by atoms with Crippen molar-refractivity contribution in [1.29, 1.82) is 0 Å². The van der Waals surface area contributed by atoms with E-state index in [4.69, 9.17) is 78.1 Å². The molecule has 0 amide bonds. The van der Waals surface area contributed by atoms with Gasteiger partial charge in [-0.1, -0.05) is 0 Å². The van der Waals surface area contributed by atoms with Crippen molar-refractivity contribution < 1.29 is 0 Å². The van der Waals surface area contributed by atoms with Crippen LogP contribution in [0.25, 0.3) is 0 Å². The lowest BCUT2D eigenvalue weighted by atomic mass is 11.9. The molecule has 15 heavy (non-hydrogen) atoms. The zero-order chi connectivity index (χ0) is 12.9. The molecule has 0 aliphatic carbocycles. The first-order valence-corrected chi connectivity index (χ1v) is 17.0. The standard InChI is InChI=1S/C2H5Cl3SSi.C2H5ClS.Cl3HSi/c1-6-2-7(3,4)5;1-4-2-3;1-4(2)3/h2H2,1H3;2H2,1H3;4H. The molecule has 0 unspecified atom stereocenters. The number of rotatable bonds is 3. The monoisotopic (exact) mass is 424 g/mol. The highest BCUT2D eigenvalue weighted by Gasteiger charge is 2.23. The summed E-state index contributed by atoms with van der Waals surface area (Å²) in [6.45, 7) is -1.72. The SMILES string of the molecule is CSCCl.CSC[Si](Cl)(Cl)Cl.Cl[SiH](Cl)Cl. The first kappa shape index (κ1) is 23.3. The van der Waals surface area contributed by atoms with Crippen molar-refractivity contribution in [2.24, 2.45) is 0 Å². The lowest BCUT2D eigenvalue weighted by Gasteiger charge is -2.01. The molecule has 0 bridgehead atoms. The van der Waals surface area contributed by atoms with Gasteiger partial charge in [-0.05, 0) is 12.5 Å². The largest absolute Gasteiger partial charge is 0.350 e. The van der Waals surface area contributed by atoms with Crippen LogP contribution in [0.4, 0.5) is 0 Å². The Bertz CT molecular complexity index is 107. The number of thioether (sulfide) groups is 2. The second-order valence-corrected chi connectivity index (χ2v) is 20.1. The minimum atomic E-state index is -2.28. The Labute approximate surface area is 136 Å². The van der Waals surface area contributed by atoms with Crippen molar-refractivity contribution >= 4 is 114 Å². The fourth-order valence-corrected chi connectivity index (χ4v) is 4.42. The Balaban J connectivity index is -0.000000155. The third-order valence-electron chi connectivity index (χ3n) is 0.417. The van der Waals surface area contributed by atoms with E-state index in [0.717, 1.165) is 0 Å². The molecule has 0 rings (SSSR count). The summed E-state index contributed by atoms with van der Waals surface area (Å²) in [4.78, 5) is 0. The highest BCUT2D eigenvalue weighted by atomic mass is 35.8. The summed E-state index contributed by atoms with van der Waals surface area (Å²) in [5.41, 5.74) is 0. The van der Waals surface area contributed by atoms with Crippen LogP contribution in [0, 0.1) is 0 Å². The van der Waals surface area contributed by atoms with Gasteiger partial charge in [0.1, 0.15) is 0 Å². The van der Waals surface area contributed by atoms with Crippen LogP contribution in [0.15, 0.2) is 0 Å². The van der Waals surface area contributed by atoms with E-state index in [2.05, 4.69) is 0 Å². The van der Waals surface area contributed by atoms with Gasteiger partial charge >= 0.3 is 12.7 Å². The molecule has 0 N–H and O–H groups in total. The van der Waals surface area contributed by atoms with E-state index >= 15 is 0 Å². The zero-order valence-corrected chi connectivity index (χ0v) is 17.0. The van der Waals surface area contributed by atoms with Gasteiger partial charge in [0.25, 0.3) is 0 Å². The molecule has 0 saturated carbocycles. The van der Waals surface area contributed by atoms with Crippen molar-refractivity contribution in [1.82, 2.24) is 0 Å². The predicted molar refractivity (Wildman–Crippen MR) is 90.6 cm³/mol. The average Bonchev–Trinajstić information content (AvgIpc) is 2.01. The fourth-order valence-electron chi connectivity index (χ4n) is 0.164. The Hall–Kier alpha value is 3.16. The van der Waals surface area contributed by atoms with Crippen LogP contribution in [-0.2, 0) is 0 Å². The molecular weight excluding hydrogens is 417 g/mol. The molecule has 11 heteroatoms. The van der Waals surface area contributed by atoms with E-state index in [0.29, 0.717) is 10.6 Å². The highest BCUT2D eigenvalue weighted by Crippen LogP contribution is 2.22. The normalized spacial score (nSPS) is 10.0. The molecule has 0 spiro atoms. The van der Waals surface area contributed by atoms with Crippen LogP contribution in [-0.4, -0.2) is 35.8 Å². The van der Waals surface area contributed by atoms with Crippen molar-refractivity contribution in [3.05, 3.63) is 0 Å². The maximum absolute atomic E-state index is 5.48. The molecular formula is C4H11Cl7S2Si2. The van der Waals surface area contributed by atoms with E-state index in [9.17, 15) is 0 Å². The molecule has 0 aliphatic heterocycles. The quantitative estimate of drug-likeness (QED) is 0.331. The third-order valence-corrected chi connectivity index (χ3v) is 6.70. The summed E-state index contributed by atoms with van der Waals surface area (Å²) in [6, 6.07) is -2.28. The molecule has 0 atom stereocenters. The van der Waals surface area contributed by atoms with Crippen molar-refractivity contribution in [3.63, 3.8) is 0 Å². The van der Waals surface area contributed by atoms with E-state index in [1.165, 1.54) is 0 Å². The average molecular weight is 428 g/mol. The van der Waals surface area contributed by atoms with Gasteiger partial charge in [-0.3, -0.25) is 0 Å². The minimum Gasteiger partial charge on any atom is -0.165 e. The molecule has 96 valence electrons. The van der Waals surface area contributed by atoms with Crippen LogP contribution in [0.2, 0.25) is 0 Å². The van der Waals surface area contributed by atoms with Gasteiger partial charge in [-0.25, -0.2) is 0 Å². The second kappa shape index (κ2) is 17.2. The third kappa shape index (κ3) is 59.2. The number of alkyl halides is 1. The lowest BCUT2D eigenvalue weighted by Crippen LogP contribution is -2.12. The van der Waals surface area contributed by atoms with E-state index in [1.54, 1.807) is 23.5 Å². The maximum Gasteiger partial charge on any atom is 0.350 e. The van der Waals surface area contributed by atoms with Crippen LogP contribution < -0.4 is 0 Å². The summed E-state index contributed by atoms with van der Waals surface area (Å²) in [7, 11) is 0. The van der Waals surface area contributed by atoms with E-state index in [1.807, 2.05) is 12.5 Å². The van der Waals surface area contributed by atoms with Crippen molar-refractivity contribution in [2.75, 3.05) is 23.1 Å². The molecule has 0 heterocycles. The van der Waals surface area contributed by atoms with Gasteiger partial charge in [0.2, 0.25) is 0 Å². The van der Waals surface area contributed by atoms with Gasteiger partial charge in [0.15, 0.2) is 0 Å². The first-order chi connectivity index (χ1) is 6.71. The summed E-state index contributed by atoms with van der Waals surface area (Å²) in [6.07, 6.45) is 3.89. The molecule has 0 aliphatic rings. The molecule has 0 aromatic heterocycles. The van der Waals surface area contributed by atoms with Crippen molar-refractivity contribution in [3.8, 4) is 0 Å². The topological polar surface area (TPSA) is 0 Å². The minimum absolute atomic E-state index is 0.692. The zero-order valence-electron chi connectivity index (χ0n) is 7.95. The molecule has 0 aromatic rings. The Morgan fingerprint density at radius 2 is 1.27 bits per heavy atom. The van der Waals surface area contributed by atoms with Crippen LogP contribution in [0.5, 0.6) is 0 Å². The van der Waals surface area contributed by atoms with Gasteiger partial charge in [-0.15, -0.1) is 89.8 Å². The Kier molecular flexibility index (Phi) is 26.6. The van der Waals surface area contributed by atoms with E-state index < -0.39 is 12.7 Å². The molecule has 0 radical (unpaired) electrons. The maximum atomic E-state index is 5.48. The summed E-state index contributed by atoms with van der Waals surface area (Å²) in [5.74, 6) is 0. The predicted octanol–water partition coefficient (Wildman–Crippen LogP) is 5.51. The van der Waals surface area contributed by atoms with Crippen molar-refractivity contribution in [2.45, 2.75) is 0 Å². The number of hydrogen-bond donors (Lipinski definition) is 0. The first-order valence-electron chi connectivity index (χ1n) is 3.24. The smallest absolute Gasteiger partial charge is 0.165 e. The van der Waals surface area contributed by atoms with Gasteiger partial charge < -0.3 is 0 Å². The van der Waals surface area contributed by atoms with Crippen LogP contribution >= 0.6 is 102 Å². The fraction of sp³-hybridized carbons (Fsp3) is 1.00. The van der Waals surface area contributed by atoms with Gasteiger partial charge in [-0.2, -0.15) is 11.8 Å². The Morgan fingerprint density at radius 1 is 1.00 bits per heavy atom. The summed E-state index contributed by atoms with van der Waals surface area (Å²) in [5, 5.41) is 1.40. The molecule has 0 fully saturated rings. The lowest BCUT2D eigenvalue weighted by molar-refractivity contribution is 2.14. The van der Waals surface area contributed by atoms with Gasteiger partial charge in [0.05, 0.1) is 5.21 Å². The molecule has 0 aromatic carbocycles. The highest BCUT2D eigenvalue weighted by molar-refractivity contribution is 8.02. The number of halogens is 7. The van der Waals surface area contributed by atoms with Crippen LogP contribution in [0.3, 0.4) is 0 Å². The Morgan fingerprint density at radius 3 is 1.27 bits per heavy atom.